The van der Waals surface area contributed by atoms with E-state index in [-0.39, 0.29) is 18.2 Å². The largest absolute Gasteiger partial charge is 0.483 e. The number of hydrogen-bond donors (Lipinski definition) is 0. The fourth-order valence-electron chi connectivity index (χ4n) is 1.37. The number of halogens is 4. The number of rotatable bonds is 4. The van der Waals surface area contributed by atoms with E-state index in [1.165, 1.54) is 18.3 Å². The first-order chi connectivity index (χ1) is 8.58. The normalized spacial score (nSPS) is 10.9. The zero-order valence-corrected chi connectivity index (χ0v) is 10.6. The van der Waals surface area contributed by atoms with Gasteiger partial charge in [0.2, 0.25) is 0 Å². The zero-order valence-electron chi connectivity index (χ0n) is 8.99. The van der Waals surface area contributed by atoms with Gasteiger partial charge in [-0.2, -0.15) is 8.78 Å². The molecular weight excluding hydrogens is 313 g/mol. The van der Waals surface area contributed by atoms with Crippen LogP contribution in [0.3, 0.4) is 0 Å². The highest BCUT2D eigenvalue weighted by Crippen LogP contribution is 2.22. The van der Waals surface area contributed by atoms with E-state index in [2.05, 4.69) is 20.9 Å². The first-order valence-electron chi connectivity index (χ1n) is 4.95. The van der Waals surface area contributed by atoms with Crippen molar-refractivity contribution in [1.29, 1.82) is 0 Å². The second-order valence-electron chi connectivity index (χ2n) is 3.39. The topological polar surface area (TPSA) is 27.1 Å². The molecule has 0 amide bonds. The first kappa shape index (κ1) is 12.9. The van der Waals surface area contributed by atoms with Gasteiger partial charge in [0.1, 0.15) is 6.61 Å². The van der Waals surface area contributed by atoms with Crippen molar-refractivity contribution in [2.45, 2.75) is 13.2 Å². The van der Waals surface area contributed by atoms with Crippen molar-refractivity contribution >= 4 is 15.9 Å². The third-order valence-electron chi connectivity index (χ3n) is 2.21. The molecule has 0 atom stereocenters. The summed E-state index contributed by atoms with van der Waals surface area (Å²) in [6, 6.07) is 4.24. The quantitative estimate of drug-likeness (QED) is 0.857. The van der Waals surface area contributed by atoms with Gasteiger partial charge < -0.3 is 4.74 Å². The van der Waals surface area contributed by atoms with Crippen molar-refractivity contribution in [3.05, 3.63) is 46.7 Å². The summed E-state index contributed by atoms with van der Waals surface area (Å²) in [6.07, 6.45) is 2.38. The van der Waals surface area contributed by atoms with Gasteiger partial charge in [-0.15, -0.1) is 0 Å². The molecule has 1 aromatic heterocycles. The van der Waals surface area contributed by atoms with Crippen LogP contribution in [0.2, 0.25) is 0 Å². The molecule has 1 heterocycles. The lowest BCUT2D eigenvalue weighted by molar-refractivity contribution is 0.0631. The van der Waals surface area contributed by atoms with Crippen molar-refractivity contribution in [2.24, 2.45) is 0 Å². The average Bonchev–Trinajstić information content (AvgIpc) is 2.76. The zero-order chi connectivity index (χ0) is 13.1. The minimum absolute atomic E-state index is 0.0120. The van der Waals surface area contributed by atoms with E-state index in [0.717, 1.165) is 6.20 Å². The minimum atomic E-state index is -2.69. The number of imidazole rings is 1. The van der Waals surface area contributed by atoms with Crippen molar-refractivity contribution in [2.75, 3.05) is 0 Å². The highest BCUT2D eigenvalue weighted by atomic mass is 79.9. The second-order valence-corrected chi connectivity index (χ2v) is 4.31. The van der Waals surface area contributed by atoms with Crippen LogP contribution in [-0.4, -0.2) is 9.55 Å². The molecule has 7 heteroatoms. The molecule has 0 aliphatic rings. The standard InChI is InChI=1S/C11H8BrF3N2O/c12-7-1-2-9(8(13)5-7)18-6-10-16-3-4-17(10)11(14)15/h1-5,11H,6H2. The summed E-state index contributed by atoms with van der Waals surface area (Å²) < 4.78 is 44.8. The van der Waals surface area contributed by atoms with Gasteiger partial charge >= 0.3 is 6.55 Å². The van der Waals surface area contributed by atoms with Crippen LogP contribution in [0, 0.1) is 5.82 Å². The molecule has 0 spiro atoms. The molecule has 3 nitrogen and oxygen atoms in total. The number of nitrogens with zero attached hydrogens (tertiary/aromatic N) is 2. The SMILES string of the molecule is Fc1cc(Br)ccc1OCc1nccn1C(F)F. The Morgan fingerprint density at radius 2 is 2.17 bits per heavy atom. The number of benzene rings is 1. The molecule has 0 aliphatic heterocycles. The molecule has 0 saturated heterocycles. The lowest BCUT2D eigenvalue weighted by Crippen LogP contribution is -2.07. The Hall–Kier alpha value is -1.50. The van der Waals surface area contributed by atoms with E-state index >= 15 is 0 Å². The molecule has 0 radical (unpaired) electrons. The number of alkyl halides is 2. The Morgan fingerprint density at radius 3 is 2.83 bits per heavy atom. The number of hydrogen-bond acceptors (Lipinski definition) is 2. The maximum atomic E-state index is 13.4. The Labute approximate surface area is 109 Å². The van der Waals surface area contributed by atoms with E-state index in [4.69, 9.17) is 4.74 Å². The van der Waals surface area contributed by atoms with Crippen LogP contribution in [0.15, 0.2) is 35.1 Å². The van der Waals surface area contributed by atoms with E-state index in [0.29, 0.717) is 9.04 Å². The van der Waals surface area contributed by atoms with Gasteiger partial charge in [0.05, 0.1) is 0 Å². The molecule has 0 aliphatic carbocycles. The molecule has 96 valence electrons. The van der Waals surface area contributed by atoms with Gasteiger partial charge in [-0.05, 0) is 18.2 Å². The molecule has 0 N–H and O–H groups in total. The highest BCUT2D eigenvalue weighted by Gasteiger charge is 2.12. The van der Waals surface area contributed by atoms with E-state index < -0.39 is 12.4 Å². The lowest BCUT2D eigenvalue weighted by Gasteiger charge is -2.09. The van der Waals surface area contributed by atoms with E-state index in [1.54, 1.807) is 6.07 Å². The lowest BCUT2D eigenvalue weighted by atomic mass is 10.3. The molecule has 0 saturated carbocycles. The third-order valence-corrected chi connectivity index (χ3v) is 2.70. The van der Waals surface area contributed by atoms with E-state index in [9.17, 15) is 13.2 Å². The Morgan fingerprint density at radius 1 is 1.39 bits per heavy atom. The Balaban J connectivity index is 2.09. The molecule has 0 fully saturated rings. The molecule has 1 aromatic carbocycles. The summed E-state index contributed by atoms with van der Waals surface area (Å²) in [5.41, 5.74) is 0. The first-order valence-corrected chi connectivity index (χ1v) is 5.75. The molecule has 2 aromatic rings. The fraction of sp³-hybridized carbons (Fsp3) is 0.182. The molecule has 0 unspecified atom stereocenters. The van der Waals surface area contributed by atoms with Gasteiger partial charge in [0.15, 0.2) is 17.4 Å². The smallest absolute Gasteiger partial charge is 0.320 e. The van der Waals surface area contributed by atoms with Crippen molar-refractivity contribution in [3.63, 3.8) is 0 Å². The monoisotopic (exact) mass is 320 g/mol. The Bertz CT molecular complexity index is 545. The van der Waals surface area contributed by atoms with Crippen molar-refractivity contribution in [1.82, 2.24) is 9.55 Å². The van der Waals surface area contributed by atoms with Crippen molar-refractivity contribution < 1.29 is 17.9 Å². The van der Waals surface area contributed by atoms with Gasteiger partial charge in [0, 0.05) is 16.9 Å². The molecule has 2 rings (SSSR count). The van der Waals surface area contributed by atoms with Crippen LogP contribution in [0.25, 0.3) is 0 Å². The third kappa shape index (κ3) is 2.84. The predicted octanol–water partition coefficient (Wildman–Crippen LogP) is 3.76. The van der Waals surface area contributed by atoms with Crippen LogP contribution in [-0.2, 0) is 6.61 Å². The molecular formula is C11H8BrF3N2O. The van der Waals surface area contributed by atoms with Gasteiger partial charge in [0.25, 0.3) is 0 Å². The van der Waals surface area contributed by atoms with Crippen LogP contribution in [0.4, 0.5) is 13.2 Å². The summed E-state index contributed by atoms with van der Waals surface area (Å²) in [7, 11) is 0. The van der Waals surface area contributed by atoms with E-state index in [1.807, 2.05) is 0 Å². The summed E-state index contributed by atoms with van der Waals surface area (Å²) in [5, 5.41) is 0. The molecule has 18 heavy (non-hydrogen) atoms. The fourth-order valence-corrected chi connectivity index (χ4v) is 1.70. The summed E-state index contributed by atoms with van der Waals surface area (Å²) in [5.74, 6) is -0.547. The Kier molecular flexibility index (Phi) is 3.90. The van der Waals surface area contributed by atoms with Gasteiger partial charge in [-0.3, -0.25) is 4.57 Å². The van der Waals surface area contributed by atoms with Crippen molar-refractivity contribution in [3.8, 4) is 5.75 Å². The van der Waals surface area contributed by atoms with Crippen LogP contribution in [0.1, 0.15) is 12.4 Å². The van der Waals surface area contributed by atoms with Gasteiger partial charge in [-0.1, -0.05) is 15.9 Å². The highest BCUT2D eigenvalue weighted by molar-refractivity contribution is 9.10. The van der Waals surface area contributed by atoms with Crippen LogP contribution < -0.4 is 4.74 Å². The second kappa shape index (κ2) is 5.43. The average molecular weight is 321 g/mol. The minimum Gasteiger partial charge on any atom is -0.483 e. The summed E-state index contributed by atoms with van der Waals surface area (Å²) in [4.78, 5) is 3.73. The summed E-state index contributed by atoms with van der Waals surface area (Å²) >= 11 is 3.11. The number of aromatic nitrogens is 2. The van der Waals surface area contributed by atoms with Crippen LogP contribution >= 0.6 is 15.9 Å². The summed E-state index contributed by atoms with van der Waals surface area (Å²) in [6.45, 7) is -2.92. The number of ether oxygens (including phenoxy) is 1. The maximum Gasteiger partial charge on any atom is 0.320 e. The predicted molar refractivity (Wildman–Crippen MR) is 61.9 cm³/mol. The van der Waals surface area contributed by atoms with Gasteiger partial charge in [-0.25, -0.2) is 9.37 Å². The molecule has 0 bridgehead atoms. The van der Waals surface area contributed by atoms with Crippen LogP contribution in [0.5, 0.6) is 5.75 Å². The maximum absolute atomic E-state index is 13.4.